The average Bonchev–Trinajstić information content (AvgIpc) is 3.29. The fourth-order valence-corrected chi connectivity index (χ4v) is 4.91. The van der Waals surface area contributed by atoms with E-state index in [-0.39, 0.29) is 5.91 Å². The first-order chi connectivity index (χ1) is 14.0. The number of nitrogens with one attached hydrogen (secondary N) is 1. The third-order valence-corrected chi connectivity index (χ3v) is 7.07. The van der Waals surface area contributed by atoms with E-state index in [2.05, 4.69) is 5.32 Å². The van der Waals surface area contributed by atoms with Crippen LogP contribution in [-0.4, -0.2) is 45.4 Å². The quantitative estimate of drug-likeness (QED) is 0.682. The lowest BCUT2D eigenvalue weighted by Gasteiger charge is -2.15. The van der Waals surface area contributed by atoms with Gasteiger partial charge in [-0.15, -0.1) is 0 Å². The van der Waals surface area contributed by atoms with Gasteiger partial charge in [-0.1, -0.05) is 24.3 Å². The zero-order chi connectivity index (χ0) is 20.7. The predicted molar refractivity (Wildman–Crippen MR) is 112 cm³/mol. The molecule has 7 heteroatoms. The molecule has 1 fully saturated rings. The number of methoxy groups -OCH3 is 1. The largest absolute Gasteiger partial charge is 0.497 e. The Labute approximate surface area is 172 Å². The van der Waals surface area contributed by atoms with Gasteiger partial charge in [-0.2, -0.15) is 4.31 Å². The first kappa shape index (κ1) is 21.3. The van der Waals surface area contributed by atoms with Crippen LogP contribution in [-0.2, 0) is 27.7 Å². The summed E-state index contributed by atoms with van der Waals surface area (Å²) in [6.07, 6.45) is 3.56. The molecule has 2 aromatic carbocycles. The van der Waals surface area contributed by atoms with Crippen LogP contribution >= 0.6 is 0 Å². The molecule has 0 unspecified atom stereocenters. The van der Waals surface area contributed by atoms with E-state index in [0.29, 0.717) is 37.4 Å². The number of rotatable bonds is 9. The van der Waals surface area contributed by atoms with Crippen LogP contribution in [0.25, 0.3) is 0 Å². The van der Waals surface area contributed by atoms with E-state index in [1.807, 2.05) is 24.3 Å². The molecule has 0 radical (unpaired) electrons. The van der Waals surface area contributed by atoms with Crippen LogP contribution in [0.15, 0.2) is 53.4 Å². The molecule has 0 aromatic heterocycles. The van der Waals surface area contributed by atoms with Crippen LogP contribution in [0.4, 0.5) is 0 Å². The van der Waals surface area contributed by atoms with Crippen LogP contribution in [0.1, 0.15) is 30.4 Å². The van der Waals surface area contributed by atoms with Crippen molar-refractivity contribution in [3.8, 4) is 5.75 Å². The maximum atomic E-state index is 12.5. The third kappa shape index (κ3) is 5.81. The lowest BCUT2D eigenvalue weighted by molar-refractivity contribution is -0.121. The molecule has 1 aliphatic rings. The highest BCUT2D eigenvalue weighted by Gasteiger charge is 2.26. The van der Waals surface area contributed by atoms with Crippen molar-refractivity contribution >= 4 is 15.9 Å². The standard InChI is InChI=1S/C22H28N2O4S/c1-28-20-9-4-19(5-10-20)14-15-23-22(25)13-8-18-6-11-21(12-7-18)29(26,27)24-16-2-3-17-24/h4-7,9-12H,2-3,8,13-17H2,1H3,(H,23,25). The van der Waals surface area contributed by atoms with E-state index in [1.165, 1.54) is 4.31 Å². The normalized spacial score (nSPS) is 14.7. The molecule has 1 aliphatic heterocycles. The minimum absolute atomic E-state index is 0.00715. The molecule has 2 aromatic rings. The first-order valence-corrected chi connectivity index (χ1v) is 11.4. The average molecular weight is 417 g/mol. The molecule has 3 rings (SSSR count). The van der Waals surface area contributed by atoms with E-state index >= 15 is 0 Å². The second-order valence-electron chi connectivity index (χ2n) is 7.20. The SMILES string of the molecule is COc1ccc(CCNC(=O)CCc2ccc(S(=O)(=O)N3CCCC3)cc2)cc1. The number of sulfonamides is 1. The Kier molecular flexibility index (Phi) is 7.28. The maximum Gasteiger partial charge on any atom is 0.243 e. The topological polar surface area (TPSA) is 75.7 Å². The molecule has 0 bridgehead atoms. The second kappa shape index (κ2) is 9.89. The molecule has 1 amide bonds. The Morgan fingerprint density at radius 2 is 1.55 bits per heavy atom. The molecule has 29 heavy (non-hydrogen) atoms. The molecule has 1 heterocycles. The summed E-state index contributed by atoms with van der Waals surface area (Å²) in [4.78, 5) is 12.4. The zero-order valence-corrected chi connectivity index (χ0v) is 17.6. The van der Waals surface area contributed by atoms with Crippen molar-refractivity contribution in [2.75, 3.05) is 26.7 Å². The van der Waals surface area contributed by atoms with Gasteiger partial charge in [0.15, 0.2) is 0 Å². The highest BCUT2D eigenvalue weighted by molar-refractivity contribution is 7.89. The first-order valence-electron chi connectivity index (χ1n) is 9.98. The van der Waals surface area contributed by atoms with Gasteiger partial charge < -0.3 is 10.1 Å². The van der Waals surface area contributed by atoms with Gasteiger partial charge in [0.05, 0.1) is 12.0 Å². The van der Waals surface area contributed by atoms with Crippen molar-refractivity contribution in [1.82, 2.24) is 9.62 Å². The van der Waals surface area contributed by atoms with E-state index in [4.69, 9.17) is 4.74 Å². The molecule has 0 saturated carbocycles. The summed E-state index contributed by atoms with van der Waals surface area (Å²) in [5.74, 6) is 0.810. The summed E-state index contributed by atoms with van der Waals surface area (Å²) in [6.45, 7) is 1.78. The van der Waals surface area contributed by atoms with Crippen molar-refractivity contribution in [2.45, 2.75) is 37.0 Å². The number of benzene rings is 2. The Hall–Kier alpha value is -2.38. The summed E-state index contributed by atoms with van der Waals surface area (Å²) in [5, 5.41) is 2.93. The minimum Gasteiger partial charge on any atom is -0.497 e. The van der Waals surface area contributed by atoms with Crippen molar-refractivity contribution < 1.29 is 17.9 Å². The predicted octanol–water partition coefficient (Wildman–Crippen LogP) is 2.77. The molecule has 6 nitrogen and oxygen atoms in total. The number of carbonyl (C=O) groups is 1. The third-order valence-electron chi connectivity index (χ3n) is 5.16. The molecular weight excluding hydrogens is 388 g/mol. The van der Waals surface area contributed by atoms with Gasteiger partial charge >= 0.3 is 0 Å². The monoisotopic (exact) mass is 416 g/mol. The van der Waals surface area contributed by atoms with E-state index in [9.17, 15) is 13.2 Å². The Morgan fingerprint density at radius 3 is 2.17 bits per heavy atom. The summed E-state index contributed by atoms with van der Waals surface area (Å²) >= 11 is 0. The Morgan fingerprint density at radius 1 is 0.966 bits per heavy atom. The van der Waals surface area contributed by atoms with Crippen molar-refractivity contribution in [2.24, 2.45) is 0 Å². The van der Waals surface area contributed by atoms with Crippen LogP contribution in [0.2, 0.25) is 0 Å². The van der Waals surface area contributed by atoms with E-state index in [1.54, 1.807) is 31.4 Å². The lowest BCUT2D eigenvalue weighted by Crippen LogP contribution is -2.27. The molecule has 0 spiro atoms. The highest BCUT2D eigenvalue weighted by Crippen LogP contribution is 2.21. The number of ether oxygens (including phenoxy) is 1. The molecule has 0 aliphatic carbocycles. The number of hydrogen-bond acceptors (Lipinski definition) is 4. The minimum atomic E-state index is -3.38. The number of amides is 1. The smallest absolute Gasteiger partial charge is 0.243 e. The maximum absolute atomic E-state index is 12.5. The highest BCUT2D eigenvalue weighted by atomic mass is 32.2. The molecule has 0 atom stereocenters. The van der Waals surface area contributed by atoms with Crippen molar-refractivity contribution in [3.63, 3.8) is 0 Å². The summed E-state index contributed by atoms with van der Waals surface area (Å²) < 4.78 is 31.7. The fraction of sp³-hybridized carbons (Fsp3) is 0.409. The Balaban J connectivity index is 1.42. The lowest BCUT2D eigenvalue weighted by atomic mass is 10.1. The number of nitrogens with zero attached hydrogens (tertiary/aromatic N) is 1. The van der Waals surface area contributed by atoms with E-state index < -0.39 is 10.0 Å². The second-order valence-corrected chi connectivity index (χ2v) is 9.14. The molecule has 1 saturated heterocycles. The number of carbonyl (C=O) groups excluding carboxylic acids is 1. The zero-order valence-electron chi connectivity index (χ0n) is 16.8. The number of aryl methyl sites for hydroxylation is 1. The fourth-order valence-electron chi connectivity index (χ4n) is 3.39. The van der Waals surface area contributed by atoms with Crippen LogP contribution in [0, 0.1) is 0 Å². The van der Waals surface area contributed by atoms with Gasteiger partial charge in [-0.25, -0.2) is 8.42 Å². The Bertz CT molecular complexity index is 903. The van der Waals surface area contributed by atoms with Gasteiger partial charge in [0.25, 0.3) is 0 Å². The molecule has 156 valence electrons. The summed E-state index contributed by atoms with van der Waals surface area (Å²) in [6, 6.07) is 14.7. The van der Waals surface area contributed by atoms with Gasteiger partial charge in [-0.3, -0.25) is 4.79 Å². The summed E-state index contributed by atoms with van der Waals surface area (Å²) in [5.41, 5.74) is 2.09. The summed E-state index contributed by atoms with van der Waals surface area (Å²) in [7, 11) is -1.75. The van der Waals surface area contributed by atoms with Gasteiger partial charge in [0, 0.05) is 26.1 Å². The van der Waals surface area contributed by atoms with Gasteiger partial charge in [0.1, 0.15) is 5.75 Å². The number of hydrogen-bond donors (Lipinski definition) is 1. The van der Waals surface area contributed by atoms with Crippen LogP contribution < -0.4 is 10.1 Å². The van der Waals surface area contributed by atoms with Crippen LogP contribution in [0.5, 0.6) is 5.75 Å². The van der Waals surface area contributed by atoms with Crippen LogP contribution in [0.3, 0.4) is 0 Å². The van der Waals surface area contributed by atoms with Gasteiger partial charge in [0.2, 0.25) is 15.9 Å². The molecular formula is C22H28N2O4S. The van der Waals surface area contributed by atoms with Gasteiger partial charge in [-0.05, 0) is 61.1 Å². The molecule has 1 N–H and O–H groups in total. The van der Waals surface area contributed by atoms with Crippen molar-refractivity contribution in [1.29, 1.82) is 0 Å². The van der Waals surface area contributed by atoms with Crippen molar-refractivity contribution in [3.05, 3.63) is 59.7 Å². The van der Waals surface area contributed by atoms with E-state index in [0.717, 1.165) is 36.1 Å².